The number of carbonyl (C=O) groups is 1. The van der Waals surface area contributed by atoms with Gasteiger partial charge in [0.15, 0.2) is 11.5 Å². The summed E-state index contributed by atoms with van der Waals surface area (Å²) in [6.07, 6.45) is 4.77. The molecule has 2 aromatic carbocycles. The number of nitrogens with zero attached hydrogens (tertiary/aromatic N) is 1. The average Bonchev–Trinajstić information content (AvgIpc) is 3.02. The monoisotopic (exact) mass is 616 g/mol. The molecule has 0 saturated heterocycles. The molecule has 0 aliphatic carbocycles. The van der Waals surface area contributed by atoms with E-state index in [-0.39, 0.29) is 0 Å². The van der Waals surface area contributed by atoms with Gasteiger partial charge in [-0.15, -0.1) is 0 Å². The van der Waals surface area contributed by atoms with E-state index in [1.807, 2.05) is 12.1 Å². The largest absolute Gasteiger partial charge is 0.495 e. The third kappa shape index (κ3) is 9.09. The summed E-state index contributed by atoms with van der Waals surface area (Å²) in [6, 6.07) is 6.07. The van der Waals surface area contributed by atoms with Crippen LogP contribution in [0.2, 0.25) is 0 Å². The van der Waals surface area contributed by atoms with Crippen LogP contribution in [0.3, 0.4) is 0 Å². The van der Waals surface area contributed by atoms with E-state index in [1.165, 1.54) is 0 Å². The predicted octanol–water partition coefficient (Wildman–Crippen LogP) is 5.33. The van der Waals surface area contributed by atoms with Crippen molar-refractivity contribution in [2.75, 3.05) is 46.1 Å². The minimum absolute atomic E-state index is 0.341. The Morgan fingerprint density at radius 2 is 1.60 bits per heavy atom. The second kappa shape index (κ2) is 17.7. The number of carbonyl (C=O) groups excluding carboxylic acids is 1. The number of aliphatic hydroxyl groups excluding tert-OH is 2. The molecule has 2 aliphatic rings. The Morgan fingerprint density at radius 1 is 1.00 bits per heavy atom. The highest BCUT2D eigenvalue weighted by Gasteiger charge is 2.28. The Hall–Kier alpha value is -3.31. The van der Waals surface area contributed by atoms with Gasteiger partial charge in [-0.1, -0.05) is 6.07 Å². The minimum atomic E-state index is -0.500. The van der Waals surface area contributed by atoms with Crippen molar-refractivity contribution >= 4 is 24.6 Å². The summed E-state index contributed by atoms with van der Waals surface area (Å²) < 4.78 is 17.1. The van der Waals surface area contributed by atoms with Crippen LogP contribution in [0.15, 0.2) is 24.4 Å². The molecule has 9 nitrogen and oxygen atoms in total. The van der Waals surface area contributed by atoms with Crippen molar-refractivity contribution in [3.05, 3.63) is 52.2 Å². The predicted molar refractivity (Wildman–Crippen MR) is 177 cm³/mol. The second-order valence-electron chi connectivity index (χ2n) is 10.4. The number of benzene rings is 2. The molecule has 238 valence electrons. The van der Waals surface area contributed by atoms with Gasteiger partial charge in [-0.2, -0.15) is 12.6 Å². The summed E-state index contributed by atoms with van der Waals surface area (Å²) >= 11 is 3.53. The molecule has 10 heteroatoms. The van der Waals surface area contributed by atoms with Crippen molar-refractivity contribution in [2.45, 2.75) is 60.1 Å². The highest BCUT2D eigenvalue weighted by atomic mass is 32.1. The lowest BCUT2D eigenvalue weighted by atomic mass is 9.81. The van der Waals surface area contributed by atoms with Crippen LogP contribution in [-0.2, 0) is 17.8 Å². The summed E-state index contributed by atoms with van der Waals surface area (Å²) in [7, 11) is 3.65. The van der Waals surface area contributed by atoms with E-state index in [9.17, 15) is 4.79 Å². The molecule has 5 rings (SSSR count). The van der Waals surface area contributed by atoms with Crippen molar-refractivity contribution < 1.29 is 34.3 Å². The summed E-state index contributed by atoms with van der Waals surface area (Å²) in [5, 5.41) is 26.1. The molecular formula is C33H48N2O7S. The van der Waals surface area contributed by atoms with Crippen LogP contribution in [0, 0.1) is 20.8 Å². The van der Waals surface area contributed by atoms with Crippen molar-refractivity contribution in [1.82, 2.24) is 4.98 Å². The fourth-order valence-corrected chi connectivity index (χ4v) is 4.95. The van der Waals surface area contributed by atoms with Crippen LogP contribution in [0.5, 0.6) is 17.2 Å². The zero-order valence-electron chi connectivity index (χ0n) is 27.1. The molecule has 0 spiro atoms. The number of aliphatic hydroxyl groups is 3. The molecule has 0 amide bonds. The van der Waals surface area contributed by atoms with Crippen molar-refractivity contribution in [2.24, 2.45) is 0 Å². The van der Waals surface area contributed by atoms with E-state index in [2.05, 4.69) is 44.8 Å². The Kier molecular flexibility index (Phi) is 15.5. The molecule has 1 aromatic heterocycles. The number of hydrogen-bond donors (Lipinski definition) is 5. The first-order valence-electron chi connectivity index (χ1n) is 13.9. The molecule has 3 heterocycles. The molecule has 2 aliphatic heterocycles. The highest BCUT2D eigenvalue weighted by molar-refractivity contribution is 7.79. The van der Waals surface area contributed by atoms with Gasteiger partial charge in [0.2, 0.25) is 0 Å². The standard InChI is InChI=1S/C26H26N2O4.C4H10O.2CH4O.CH4S/c1-14-20(7-8-29)22(19-5-6-21-26(15(19)2)32-10-9-31-21)16(3)23-24(14)27-12-17-11-18(30-4)13-28-25(17)23;1-4(2,3)5;3*1-2/h5-6,8,11,13,27H,7,9-10,12H2,1-4H3;5H,1-3H3;3*2H,1H3. The first-order chi connectivity index (χ1) is 20.5. The van der Waals surface area contributed by atoms with Gasteiger partial charge < -0.3 is 39.6 Å². The number of thiol groups is 1. The number of anilines is 1. The maximum atomic E-state index is 11.7. The molecule has 0 fully saturated rings. The van der Waals surface area contributed by atoms with Crippen LogP contribution in [0.4, 0.5) is 5.69 Å². The molecule has 0 unspecified atom stereocenters. The Balaban J connectivity index is 0.000000742. The topological polar surface area (TPSA) is 130 Å². The zero-order chi connectivity index (χ0) is 32.9. The van der Waals surface area contributed by atoms with E-state index in [0.717, 1.165) is 93.6 Å². The number of hydrogen-bond acceptors (Lipinski definition) is 10. The molecule has 0 saturated carbocycles. The van der Waals surface area contributed by atoms with Gasteiger partial charge in [0.25, 0.3) is 0 Å². The summed E-state index contributed by atoms with van der Waals surface area (Å²) in [5.74, 6) is 2.29. The molecular weight excluding hydrogens is 568 g/mol. The van der Waals surface area contributed by atoms with Crippen molar-refractivity contribution in [1.29, 1.82) is 0 Å². The maximum Gasteiger partial charge on any atom is 0.164 e. The van der Waals surface area contributed by atoms with Crippen LogP contribution < -0.4 is 19.5 Å². The van der Waals surface area contributed by atoms with Crippen LogP contribution in [0.1, 0.15) is 48.6 Å². The smallest absolute Gasteiger partial charge is 0.164 e. The number of fused-ring (bicyclic) bond motifs is 4. The molecule has 43 heavy (non-hydrogen) atoms. The van der Waals surface area contributed by atoms with Gasteiger partial charge in [0.05, 0.1) is 24.6 Å². The Morgan fingerprint density at radius 3 is 2.19 bits per heavy atom. The normalized spacial score (nSPS) is 12.0. The molecule has 4 N–H and O–H groups in total. The summed E-state index contributed by atoms with van der Waals surface area (Å²) in [4.78, 5) is 16.4. The summed E-state index contributed by atoms with van der Waals surface area (Å²) in [5.41, 5.74) is 9.99. The van der Waals surface area contributed by atoms with Gasteiger partial charge in [-0.05, 0) is 87.7 Å². The number of aromatic nitrogens is 1. The highest BCUT2D eigenvalue weighted by Crippen LogP contribution is 2.48. The van der Waals surface area contributed by atoms with Crippen molar-refractivity contribution in [3.63, 3.8) is 0 Å². The quantitative estimate of drug-likeness (QED) is 0.195. The van der Waals surface area contributed by atoms with E-state index in [4.69, 9.17) is 34.5 Å². The van der Waals surface area contributed by atoms with Gasteiger partial charge in [0.1, 0.15) is 25.2 Å². The molecule has 0 atom stereocenters. The third-order valence-electron chi connectivity index (χ3n) is 6.51. The molecule has 0 bridgehead atoms. The van der Waals surface area contributed by atoms with Gasteiger partial charge in [-0.3, -0.25) is 4.98 Å². The van der Waals surface area contributed by atoms with E-state index >= 15 is 0 Å². The lowest BCUT2D eigenvalue weighted by molar-refractivity contribution is -0.107. The Bertz CT molecular complexity index is 1350. The van der Waals surface area contributed by atoms with E-state index < -0.39 is 5.60 Å². The summed E-state index contributed by atoms with van der Waals surface area (Å²) in [6.45, 7) is 13.2. The van der Waals surface area contributed by atoms with Gasteiger partial charge in [0, 0.05) is 49.6 Å². The fourth-order valence-electron chi connectivity index (χ4n) is 4.95. The first kappa shape index (κ1) is 37.7. The Labute approximate surface area is 261 Å². The van der Waals surface area contributed by atoms with Crippen LogP contribution >= 0.6 is 12.6 Å². The SMILES string of the molecule is CC(C)(C)O.CO.CO.COc1cnc2c(c1)CNc1c(C)c(CC=O)c(-c3ccc4c(c3C)OCCO4)c(C)c1-2.CS. The van der Waals surface area contributed by atoms with Crippen molar-refractivity contribution in [3.8, 4) is 39.6 Å². The fraction of sp³-hybridized carbons (Fsp3) is 0.455. The number of ether oxygens (including phenoxy) is 3. The first-order valence-corrected chi connectivity index (χ1v) is 14.8. The van der Waals surface area contributed by atoms with Crippen LogP contribution in [-0.4, -0.2) is 73.0 Å². The number of methoxy groups -OCH3 is 1. The lowest BCUT2D eigenvalue weighted by Gasteiger charge is -2.30. The molecule has 3 aromatic rings. The lowest BCUT2D eigenvalue weighted by Crippen LogP contribution is -2.17. The zero-order valence-corrected chi connectivity index (χ0v) is 28.0. The van der Waals surface area contributed by atoms with E-state index in [0.29, 0.717) is 26.2 Å². The average molecular weight is 617 g/mol. The minimum Gasteiger partial charge on any atom is -0.495 e. The second-order valence-corrected chi connectivity index (χ2v) is 10.4. The van der Waals surface area contributed by atoms with E-state index in [1.54, 1.807) is 40.3 Å². The number of aldehydes is 1. The third-order valence-corrected chi connectivity index (χ3v) is 6.51. The number of pyridine rings is 1. The maximum absolute atomic E-state index is 11.7. The van der Waals surface area contributed by atoms with Gasteiger partial charge in [-0.25, -0.2) is 0 Å². The van der Waals surface area contributed by atoms with Crippen LogP contribution in [0.25, 0.3) is 22.4 Å². The number of nitrogens with one attached hydrogen (secondary N) is 1. The molecule has 0 radical (unpaired) electrons. The number of rotatable bonds is 4. The van der Waals surface area contributed by atoms with Gasteiger partial charge >= 0.3 is 0 Å².